The molecule has 82 valence electrons. The minimum atomic E-state index is -0.261. The summed E-state index contributed by atoms with van der Waals surface area (Å²) in [5.74, 6) is -0.0257. The molecule has 0 spiro atoms. The number of carbonyl (C=O) groups is 1. The predicted octanol–water partition coefficient (Wildman–Crippen LogP) is 1.72. The van der Waals surface area contributed by atoms with E-state index < -0.39 is 0 Å². The first-order chi connectivity index (χ1) is 6.60. The lowest BCUT2D eigenvalue weighted by atomic mass is 9.78. The van der Waals surface area contributed by atoms with Gasteiger partial charge in [0.25, 0.3) is 0 Å². The van der Waals surface area contributed by atoms with Gasteiger partial charge in [0.2, 0.25) is 0 Å². The van der Waals surface area contributed by atoms with Gasteiger partial charge in [-0.1, -0.05) is 6.92 Å². The zero-order chi connectivity index (χ0) is 10.6. The van der Waals surface area contributed by atoms with E-state index in [-0.39, 0.29) is 17.5 Å². The van der Waals surface area contributed by atoms with Crippen LogP contribution in [0.5, 0.6) is 0 Å². The van der Waals surface area contributed by atoms with Crippen molar-refractivity contribution in [1.82, 2.24) is 5.32 Å². The van der Waals surface area contributed by atoms with Gasteiger partial charge in [-0.3, -0.25) is 4.79 Å². The van der Waals surface area contributed by atoms with E-state index >= 15 is 0 Å². The van der Waals surface area contributed by atoms with E-state index in [9.17, 15) is 4.79 Å². The molecule has 1 rings (SSSR count). The van der Waals surface area contributed by atoms with Crippen molar-refractivity contribution < 1.29 is 9.53 Å². The molecule has 0 aliphatic carbocycles. The van der Waals surface area contributed by atoms with E-state index in [1.54, 1.807) is 0 Å². The van der Waals surface area contributed by atoms with Crippen molar-refractivity contribution in [2.24, 2.45) is 5.41 Å². The average Bonchev–Trinajstić information content (AvgIpc) is 2.18. The lowest BCUT2D eigenvalue weighted by molar-refractivity contribution is -0.161. The van der Waals surface area contributed by atoms with Crippen molar-refractivity contribution in [3.63, 3.8) is 0 Å². The fourth-order valence-electron chi connectivity index (χ4n) is 1.93. The van der Waals surface area contributed by atoms with Gasteiger partial charge in [0.05, 0.1) is 11.5 Å². The fourth-order valence-corrected chi connectivity index (χ4v) is 1.93. The molecule has 1 saturated heterocycles. The summed E-state index contributed by atoms with van der Waals surface area (Å²) in [7, 11) is 0. The third-order valence-electron chi connectivity index (χ3n) is 2.92. The first-order valence-corrected chi connectivity index (χ1v) is 5.52. The van der Waals surface area contributed by atoms with Crippen LogP contribution in [-0.2, 0) is 9.53 Å². The topological polar surface area (TPSA) is 38.3 Å². The summed E-state index contributed by atoms with van der Waals surface area (Å²) in [6, 6.07) is 0. The molecule has 1 N–H and O–H groups in total. The SMILES string of the molecule is CCC1(C(=O)OC(C)C)CCCNC1. The minimum Gasteiger partial charge on any atom is -0.463 e. The summed E-state index contributed by atoms with van der Waals surface area (Å²) < 4.78 is 5.31. The van der Waals surface area contributed by atoms with E-state index in [1.807, 2.05) is 13.8 Å². The first kappa shape index (κ1) is 11.5. The summed E-state index contributed by atoms with van der Waals surface area (Å²) in [4.78, 5) is 11.9. The molecular formula is C11H21NO2. The number of rotatable bonds is 3. The summed E-state index contributed by atoms with van der Waals surface area (Å²) >= 11 is 0. The Morgan fingerprint density at radius 3 is 2.71 bits per heavy atom. The Morgan fingerprint density at radius 1 is 1.57 bits per heavy atom. The highest BCUT2D eigenvalue weighted by molar-refractivity contribution is 5.77. The van der Waals surface area contributed by atoms with Gasteiger partial charge in [-0.15, -0.1) is 0 Å². The molecule has 0 amide bonds. The van der Waals surface area contributed by atoms with Gasteiger partial charge in [-0.25, -0.2) is 0 Å². The third-order valence-corrected chi connectivity index (χ3v) is 2.92. The number of nitrogens with one attached hydrogen (secondary N) is 1. The molecule has 3 heteroatoms. The number of hydrogen-bond donors (Lipinski definition) is 1. The molecule has 1 aliphatic heterocycles. The minimum absolute atomic E-state index is 0.00662. The molecule has 1 heterocycles. The maximum atomic E-state index is 11.9. The molecule has 0 radical (unpaired) electrons. The molecule has 1 unspecified atom stereocenters. The molecule has 0 aromatic heterocycles. The predicted molar refractivity (Wildman–Crippen MR) is 56.1 cm³/mol. The monoisotopic (exact) mass is 199 g/mol. The van der Waals surface area contributed by atoms with Crippen LogP contribution in [0.25, 0.3) is 0 Å². The summed E-state index contributed by atoms with van der Waals surface area (Å²) in [6.45, 7) is 7.66. The largest absolute Gasteiger partial charge is 0.463 e. The lowest BCUT2D eigenvalue weighted by Gasteiger charge is -2.35. The average molecular weight is 199 g/mol. The Kier molecular flexibility index (Phi) is 3.93. The van der Waals surface area contributed by atoms with Crippen LogP contribution in [0.3, 0.4) is 0 Å². The second kappa shape index (κ2) is 4.78. The van der Waals surface area contributed by atoms with E-state index in [2.05, 4.69) is 12.2 Å². The number of carbonyl (C=O) groups excluding carboxylic acids is 1. The van der Waals surface area contributed by atoms with Crippen LogP contribution < -0.4 is 5.32 Å². The van der Waals surface area contributed by atoms with Crippen LogP contribution in [0.2, 0.25) is 0 Å². The van der Waals surface area contributed by atoms with Crippen molar-refractivity contribution in [1.29, 1.82) is 0 Å². The van der Waals surface area contributed by atoms with Crippen molar-refractivity contribution in [3.05, 3.63) is 0 Å². The van der Waals surface area contributed by atoms with E-state index in [1.165, 1.54) is 0 Å². The standard InChI is InChI=1S/C11H21NO2/c1-4-11(6-5-7-12-8-11)10(13)14-9(2)3/h9,12H,4-8H2,1-3H3. The molecule has 3 nitrogen and oxygen atoms in total. The van der Waals surface area contributed by atoms with Crippen LogP contribution in [0.15, 0.2) is 0 Å². The van der Waals surface area contributed by atoms with Gasteiger partial charge in [-0.2, -0.15) is 0 Å². The molecule has 0 bridgehead atoms. The van der Waals surface area contributed by atoms with Gasteiger partial charge < -0.3 is 10.1 Å². The van der Waals surface area contributed by atoms with Crippen molar-refractivity contribution in [2.45, 2.75) is 46.1 Å². The van der Waals surface area contributed by atoms with Crippen LogP contribution in [0.1, 0.15) is 40.0 Å². The van der Waals surface area contributed by atoms with Crippen LogP contribution in [0, 0.1) is 5.41 Å². The van der Waals surface area contributed by atoms with Crippen LogP contribution >= 0.6 is 0 Å². The van der Waals surface area contributed by atoms with Gasteiger partial charge in [0.1, 0.15) is 0 Å². The zero-order valence-electron chi connectivity index (χ0n) is 9.43. The molecule has 14 heavy (non-hydrogen) atoms. The number of piperidine rings is 1. The fraction of sp³-hybridized carbons (Fsp3) is 0.909. The van der Waals surface area contributed by atoms with E-state index in [0.717, 1.165) is 32.4 Å². The lowest BCUT2D eigenvalue weighted by Crippen LogP contribution is -2.46. The Morgan fingerprint density at radius 2 is 2.29 bits per heavy atom. The highest BCUT2D eigenvalue weighted by Gasteiger charge is 2.39. The van der Waals surface area contributed by atoms with E-state index in [0.29, 0.717) is 0 Å². The number of esters is 1. The third kappa shape index (κ3) is 2.47. The van der Waals surface area contributed by atoms with Gasteiger partial charge in [-0.05, 0) is 39.7 Å². The van der Waals surface area contributed by atoms with Crippen molar-refractivity contribution in [2.75, 3.05) is 13.1 Å². The van der Waals surface area contributed by atoms with Gasteiger partial charge in [0.15, 0.2) is 0 Å². The first-order valence-electron chi connectivity index (χ1n) is 5.52. The molecule has 1 fully saturated rings. The molecule has 0 saturated carbocycles. The highest BCUT2D eigenvalue weighted by Crippen LogP contribution is 2.31. The molecule has 0 aromatic carbocycles. The van der Waals surface area contributed by atoms with E-state index in [4.69, 9.17) is 4.74 Å². The second-order valence-corrected chi connectivity index (χ2v) is 4.37. The normalized spacial score (nSPS) is 27.7. The zero-order valence-corrected chi connectivity index (χ0v) is 9.43. The Labute approximate surface area is 86.2 Å². The second-order valence-electron chi connectivity index (χ2n) is 4.37. The van der Waals surface area contributed by atoms with Gasteiger partial charge in [0, 0.05) is 6.54 Å². The number of hydrogen-bond acceptors (Lipinski definition) is 3. The number of ether oxygens (including phenoxy) is 1. The highest BCUT2D eigenvalue weighted by atomic mass is 16.5. The van der Waals surface area contributed by atoms with Crippen molar-refractivity contribution in [3.8, 4) is 0 Å². The molecular weight excluding hydrogens is 178 g/mol. The molecule has 1 aliphatic rings. The Bertz CT molecular complexity index is 195. The van der Waals surface area contributed by atoms with Crippen LogP contribution in [-0.4, -0.2) is 25.2 Å². The van der Waals surface area contributed by atoms with Crippen LogP contribution in [0.4, 0.5) is 0 Å². The maximum absolute atomic E-state index is 11.9. The Balaban J connectivity index is 2.62. The maximum Gasteiger partial charge on any atom is 0.313 e. The van der Waals surface area contributed by atoms with Crippen molar-refractivity contribution >= 4 is 5.97 Å². The Hall–Kier alpha value is -0.570. The summed E-state index contributed by atoms with van der Waals surface area (Å²) in [5, 5.41) is 3.28. The molecule has 1 atom stereocenters. The summed E-state index contributed by atoms with van der Waals surface area (Å²) in [6.07, 6.45) is 2.89. The molecule has 0 aromatic rings. The van der Waals surface area contributed by atoms with Gasteiger partial charge >= 0.3 is 5.97 Å². The summed E-state index contributed by atoms with van der Waals surface area (Å²) in [5.41, 5.74) is -0.261. The quantitative estimate of drug-likeness (QED) is 0.703. The smallest absolute Gasteiger partial charge is 0.313 e.